The standard InChI is InChI=1S/C17H13F5O/c18-12-4-9(5-13(19)16(12)22)8-23-17-14(20)6-11(7-15(17)21)10-2-1-3-10/h4-7,10H,1-3,8H2. The van der Waals surface area contributed by atoms with Crippen molar-refractivity contribution in [2.45, 2.75) is 31.8 Å². The Balaban J connectivity index is 1.78. The molecule has 0 spiro atoms. The number of hydrogen-bond acceptors (Lipinski definition) is 1. The third-order valence-electron chi connectivity index (χ3n) is 4.02. The first-order valence-electron chi connectivity index (χ1n) is 7.21. The second-order valence-electron chi connectivity index (χ2n) is 5.60. The molecule has 0 amide bonds. The molecular formula is C17H13F5O. The Labute approximate surface area is 129 Å². The first-order chi connectivity index (χ1) is 11.0. The molecule has 23 heavy (non-hydrogen) atoms. The van der Waals surface area contributed by atoms with E-state index in [1.54, 1.807) is 0 Å². The van der Waals surface area contributed by atoms with E-state index >= 15 is 0 Å². The molecule has 2 aromatic rings. The lowest BCUT2D eigenvalue weighted by atomic mass is 9.80. The van der Waals surface area contributed by atoms with Crippen molar-refractivity contribution in [2.24, 2.45) is 0 Å². The maximum absolute atomic E-state index is 14.0. The third-order valence-corrected chi connectivity index (χ3v) is 4.02. The highest BCUT2D eigenvalue weighted by atomic mass is 19.2. The van der Waals surface area contributed by atoms with Crippen LogP contribution in [0.5, 0.6) is 5.75 Å². The minimum absolute atomic E-state index is 0.0664. The van der Waals surface area contributed by atoms with Gasteiger partial charge in [0.2, 0.25) is 0 Å². The topological polar surface area (TPSA) is 9.23 Å². The summed E-state index contributed by atoms with van der Waals surface area (Å²) in [6, 6.07) is 3.87. The summed E-state index contributed by atoms with van der Waals surface area (Å²) in [5, 5.41) is 0. The molecule has 0 bridgehead atoms. The Morgan fingerprint density at radius 3 is 1.87 bits per heavy atom. The fourth-order valence-corrected chi connectivity index (χ4v) is 2.54. The summed E-state index contributed by atoms with van der Waals surface area (Å²) in [5.74, 6) is -6.55. The van der Waals surface area contributed by atoms with Crippen molar-refractivity contribution in [3.63, 3.8) is 0 Å². The zero-order valence-corrected chi connectivity index (χ0v) is 12.0. The molecule has 0 N–H and O–H groups in total. The molecule has 1 saturated carbocycles. The Kier molecular flexibility index (Phi) is 4.24. The first-order valence-corrected chi connectivity index (χ1v) is 7.21. The molecule has 0 saturated heterocycles. The van der Waals surface area contributed by atoms with Crippen LogP contribution in [0.3, 0.4) is 0 Å². The highest BCUT2D eigenvalue weighted by Gasteiger charge is 2.23. The summed E-state index contributed by atoms with van der Waals surface area (Å²) in [6.45, 7) is -0.481. The van der Waals surface area contributed by atoms with Crippen LogP contribution in [0.15, 0.2) is 24.3 Å². The molecule has 2 aromatic carbocycles. The molecule has 1 aliphatic rings. The van der Waals surface area contributed by atoms with E-state index < -0.39 is 41.4 Å². The van der Waals surface area contributed by atoms with E-state index in [1.165, 1.54) is 12.1 Å². The summed E-state index contributed by atoms with van der Waals surface area (Å²) in [4.78, 5) is 0. The third kappa shape index (κ3) is 3.16. The minimum atomic E-state index is -1.60. The largest absolute Gasteiger partial charge is 0.483 e. The van der Waals surface area contributed by atoms with Gasteiger partial charge in [0.25, 0.3) is 0 Å². The van der Waals surface area contributed by atoms with E-state index in [9.17, 15) is 22.0 Å². The van der Waals surface area contributed by atoms with E-state index in [2.05, 4.69) is 0 Å². The highest BCUT2D eigenvalue weighted by Crippen LogP contribution is 2.38. The normalized spacial score (nSPS) is 14.7. The summed E-state index contributed by atoms with van der Waals surface area (Å²) in [7, 11) is 0. The molecule has 0 unspecified atom stereocenters. The zero-order valence-electron chi connectivity index (χ0n) is 12.0. The lowest BCUT2D eigenvalue weighted by Gasteiger charge is -2.26. The van der Waals surface area contributed by atoms with Crippen molar-refractivity contribution < 1.29 is 26.7 Å². The van der Waals surface area contributed by atoms with Gasteiger partial charge in [-0.25, -0.2) is 22.0 Å². The Bertz CT molecular complexity index is 694. The fraction of sp³-hybridized carbons (Fsp3) is 0.294. The SMILES string of the molecule is Fc1cc(COc2c(F)cc(C3CCC3)cc2F)cc(F)c1F. The monoisotopic (exact) mass is 328 g/mol. The molecule has 122 valence electrons. The van der Waals surface area contributed by atoms with E-state index in [1.807, 2.05) is 0 Å². The maximum Gasteiger partial charge on any atom is 0.194 e. The number of halogens is 5. The summed E-state index contributed by atoms with van der Waals surface area (Å²) >= 11 is 0. The predicted octanol–water partition coefficient (Wildman–Crippen LogP) is 5.23. The quantitative estimate of drug-likeness (QED) is 0.552. The Morgan fingerprint density at radius 2 is 1.39 bits per heavy atom. The van der Waals surface area contributed by atoms with Gasteiger partial charge in [-0.1, -0.05) is 6.42 Å². The second kappa shape index (κ2) is 6.18. The van der Waals surface area contributed by atoms with Crippen LogP contribution in [0.2, 0.25) is 0 Å². The molecule has 1 nitrogen and oxygen atoms in total. The Hall–Kier alpha value is -2.11. The molecular weight excluding hydrogens is 315 g/mol. The summed E-state index contributed by atoms with van der Waals surface area (Å²) in [5.41, 5.74) is 0.515. The maximum atomic E-state index is 14.0. The first kappa shape index (κ1) is 15.8. The van der Waals surface area contributed by atoms with Crippen LogP contribution < -0.4 is 4.74 Å². The van der Waals surface area contributed by atoms with E-state index in [4.69, 9.17) is 4.74 Å². The minimum Gasteiger partial charge on any atom is -0.483 e. The second-order valence-corrected chi connectivity index (χ2v) is 5.60. The van der Waals surface area contributed by atoms with E-state index in [0.717, 1.165) is 31.4 Å². The smallest absolute Gasteiger partial charge is 0.194 e. The summed E-state index contributed by atoms with van der Waals surface area (Å²) in [6.07, 6.45) is 2.83. The molecule has 1 fully saturated rings. The zero-order chi connectivity index (χ0) is 16.6. The number of rotatable bonds is 4. The van der Waals surface area contributed by atoms with Crippen molar-refractivity contribution >= 4 is 0 Å². The van der Waals surface area contributed by atoms with Gasteiger partial charge in [0.05, 0.1) is 0 Å². The molecule has 0 aliphatic heterocycles. The van der Waals surface area contributed by atoms with Gasteiger partial charge in [0.15, 0.2) is 34.8 Å². The van der Waals surface area contributed by atoms with Crippen LogP contribution in [0.4, 0.5) is 22.0 Å². The van der Waals surface area contributed by atoms with Gasteiger partial charge in [-0.3, -0.25) is 0 Å². The van der Waals surface area contributed by atoms with Gasteiger partial charge >= 0.3 is 0 Å². The van der Waals surface area contributed by atoms with Crippen LogP contribution in [-0.4, -0.2) is 0 Å². The lowest BCUT2D eigenvalue weighted by Crippen LogP contribution is -2.10. The molecule has 0 radical (unpaired) electrons. The molecule has 3 rings (SSSR count). The van der Waals surface area contributed by atoms with Crippen LogP contribution >= 0.6 is 0 Å². The highest BCUT2D eigenvalue weighted by molar-refractivity contribution is 5.34. The van der Waals surface area contributed by atoms with E-state index in [0.29, 0.717) is 5.56 Å². The van der Waals surface area contributed by atoms with Crippen molar-refractivity contribution in [3.05, 3.63) is 64.5 Å². The lowest BCUT2D eigenvalue weighted by molar-refractivity contribution is 0.271. The molecule has 6 heteroatoms. The fourth-order valence-electron chi connectivity index (χ4n) is 2.54. The van der Waals surface area contributed by atoms with E-state index in [-0.39, 0.29) is 11.5 Å². The predicted molar refractivity (Wildman–Crippen MR) is 73.6 cm³/mol. The average molecular weight is 328 g/mol. The average Bonchev–Trinajstić information content (AvgIpc) is 2.41. The van der Waals surface area contributed by atoms with Crippen molar-refractivity contribution in [1.29, 1.82) is 0 Å². The molecule has 0 aromatic heterocycles. The van der Waals surface area contributed by atoms with Gasteiger partial charge < -0.3 is 4.74 Å². The van der Waals surface area contributed by atoms with Gasteiger partial charge in [-0.05, 0) is 54.2 Å². The molecule has 1 aliphatic carbocycles. The number of benzene rings is 2. The van der Waals surface area contributed by atoms with Crippen molar-refractivity contribution in [1.82, 2.24) is 0 Å². The van der Waals surface area contributed by atoms with Gasteiger partial charge in [-0.15, -0.1) is 0 Å². The molecule has 0 atom stereocenters. The number of hydrogen-bond donors (Lipinski definition) is 0. The van der Waals surface area contributed by atoms with Gasteiger partial charge in [0, 0.05) is 0 Å². The van der Waals surface area contributed by atoms with Crippen LogP contribution in [0.1, 0.15) is 36.3 Å². The Morgan fingerprint density at radius 1 is 0.826 bits per heavy atom. The molecule has 0 heterocycles. The van der Waals surface area contributed by atoms with Crippen LogP contribution in [0, 0.1) is 29.1 Å². The van der Waals surface area contributed by atoms with Crippen molar-refractivity contribution in [2.75, 3.05) is 0 Å². The van der Waals surface area contributed by atoms with Gasteiger partial charge in [-0.2, -0.15) is 0 Å². The summed E-state index contributed by atoms with van der Waals surface area (Å²) < 4.78 is 72.0. The number of ether oxygens (including phenoxy) is 1. The van der Waals surface area contributed by atoms with Crippen LogP contribution in [-0.2, 0) is 6.61 Å². The van der Waals surface area contributed by atoms with Gasteiger partial charge in [0.1, 0.15) is 6.61 Å². The van der Waals surface area contributed by atoms with Crippen molar-refractivity contribution in [3.8, 4) is 5.75 Å². The van der Waals surface area contributed by atoms with Crippen LogP contribution in [0.25, 0.3) is 0 Å².